The van der Waals surface area contributed by atoms with Crippen molar-refractivity contribution in [3.05, 3.63) is 0 Å². The molecule has 2 heteroatoms. The summed E-state index contributed by atoms with van der Waals surface area (Å²) in [5.74, 6) is 1.38. The van der Waals surface area contributed by atoms with Crippen LogP contribution in [-0.4, -0.2) is 18.5 Å². The molecule has 2 nitrogen and oxygen atoms in total. The molecule has 0 bridgehead atoms. The quantitative estimate of drug-likeness (QED) is 0.601. The minimum Gasteiger partial charge on any atom is -0.373 e. The van der Waals surface area contributed by atoms with Gasteiger partial charge < -0.3 is 4.74 Å². The van der Waals surface area contributed by atoms with Crippen LogP contribution in [0.2, 0.25) is 0 Å². The largest absolute Gasteiger partial charge is 0.373 e. The molecule has 3 atom stereocenters. The Kier molecular flexibility index (Phi) is 2.18. The van der Waals surface area contributed by atoms with Gasteiger partial charge in [0.05, 0.1) is 12.7 Å². The maximum absolute atomic E-state index is 11.2. The number of hydrogen-bond acceptors (Lipinski definition) is 2. The van der Waals surface area contributed by atoms with Crippen LogP contribution in [0.1, 0.15) is 32.6 Å². The van der Waals surface area contributed by atoms with Crippen molar-refractivity contribution in [2.24, 2.45) is 11.8 Å². The number of ether oxygens (including phenoxy) is 1. The lowest BCUT2D eigenvalue weighted by Crippen LogP contribution is -2.17. The van der Waals surface area contributed by atoms with E-state index in [1.807, 2.05) is 0 Å². The van der Waals surface area contributed by atoms with Gasteiger partial charge in [0.15, 0.2) is 0 Å². The molecule has 0 N–H and O–H groups in total. The van der Waals surface area contributed by atoms with Gasteiger partial charge in [-0.15, -0.1) is 0 Å². The van der Waals surface area contributed by atoms with Crippen LogP contribution in [0, 0.1) is 11.8 Å². The maximum atomic E-state index is 11.2. The number of ketones is 1. The second kappa shape index (κ2) is 3.17. The van der Waals surface area contributed by atoms with E-state index in [9.17, 15) is 4.79 Å². The van der Waals surface area contributed by atoms with Crippen LogP contribution in [-0.2, 0) is 9.53 Å². The molecular weight excluding hydrogens is 152 g/mol. The Hall–Kier alpha value is -0.370. The predicted molar refractivity (Wildman–Crippen MR) is 45.9 cm³/mol. The summed E-state index contributed by atoms with van der Waals surface area (Å²) >= 11 is 0. The van der Waals surface area contributed by atoms with Crippen molar-refractivity contribution in [2.75, 3.05) is 6.61 Å². The molecule has 0 amide bonds. The average molecular weight is 168 g/mol. The number of rotatable bonds is 3. The van der Waals surface area contributed by atoms with Crippen LogP contribution in [0.5, 0.6) is 0 Å². The van der Waals surface area contributed by atoms with Crippen LogP contribution in [0.3, 0.4) is 0 Å². The fourth-order valence-corrected chi connectivity index (χ4v) is 2.40. The van der Waals surface area contributed by atoms with Gasteiger partial charge in [-0.25, -0.2) is 0 Å². The number of hydrogen-bond donors (Lipinski definition) is 0. The minimum absolute atomic E-state index is 0.356. The van der Waals surface area contributed by atoms with Crippen LogP contribution >= 0.6 is 0 Å². The Labute approximate surface area is 73.3 Å². The van der Waals surface area contributed by atoms with Gasteiger partial charge in [-0.2, -0.15) is 0 Å². The first-order valence-electron chi connectivity index (χ1n) is 4.89. The van der Waals surface area contributed by atoms with E-state index in [0.29, 0.717) is 23.7 Å². The van der Waals surface area contributed by atoms with Crippen LogP contribution in [0.25, 0.3) is 0 Å². The van der Waals surface area contributed by atoms with Gasteiger partial charge >= 0.3 is 0 Å². The third-order valence-electron chi connectivity index (χ3n) is 3.15. The first-order chi connectivity index (χ1) is 5.77. The molecule has 0 aromatic carbocycles. The van der Waals surface area contributed by atoms with Crippen molar-refractivity contribution in [1.29, 1.82) is 0 Å². The highest BCUT2D eigenvalue weighted by Crippen LogP contribution is 2.37. The van der Waals surface area contributed by atoms with Gasteiger partial charge in [-0.1, -0.05) is 6.42 Å². The summed E-state index contributed by atoms with van der Waals surface area (Å²) in [6, 6.07) is 0. The Balaban J connectivity index is 1.88. The van der Waals surface area contributed by atoms with Crippen LogP contribution in [0.4, 0.5) is 0 Å². The lowest BCUT2D eigenvalue weighted by atomic mass is 9.89. The summed E-state index contributed by atoms with van der Waals surface area (Å²) in [7, 11) is 0. The summed E-state index contributed by atoms with van der Waals surface area (Å²) in [5, 5.41) is 0. The molecule has 1 aliphatic carbocycles. The highest BCUT2D eigenvalue weighted by molar-refractivity contribution is 5.78. The van der Waals surface area contributed by atoms with E-state index in [2.05, 4.69) is 0 Å². The molecule has 2 fully saturated rings. The first kappa shape index (κ1) is 8.24. The van der Waals surface area contributed by atoms with Gasteiger partial charge in [0.1, 0.15) is 5.78 Å². The van der Waals surface area contributed by atoms with Crippen molar-refractivity contribution < 1.29 is 9.53 Å². The molecule has 0 aromatic heterocycles. The van der Waals surface area contributed by atoms with Crippen LogP contribution < -0.4 is 0 Å². The Morgan fingerprint density at radius 1 is 1.50 bits per heavy atom. The molecule has 1 aliphatic heterocycles. The lowest BCUT2D eigenvalue weighted by Gasteiger charge is -2.14. The van der Waals surface area contributed by atoms with E-state index in [1.165, 1.54) is 12.8 Å². The third-order valence-corrected chi connectivity index (χ3v) is 3.15. The Morgan fingerprint density at radius 3 is 2.83 bits per heavy atom. The molecule has 0 aromatic rings. The van der Waals surface area contributed by atoms with E-state index in [1.54, 1.807) is 6.92 Å². The van der Waals surface area contributed by atoms with E-state index in [4.69, 9.17) is 4.74 Å². The zero-order chi connectivity index (χ0) is 8.55. The SMILES string of the molecule is CC(=O)C1CCC[C@H]1CC1CO1. The first-order valence-corrected chi connectivity index (χ1v) is 4.89. The van der Waals surface area contributed by atoms with Crippen molar-refractivity contribution in [1.82, 2.24) is 0 Å². The molecule has 1 saturated heterocycles. The second-order valence-corrected chi connectivity index (χ2v) is 4.10. The third kappa shape index (κ3) is 1.69. The summed E-state index contributed by atoms with van der Waals surface area (Å²) in [5.41, 5.74) is 0. The van der Waals surface area contributed by atoms with Crippen molar-refractivity contribution in [3.8, 4) is 0 Å². The number of Topliss-reactive ketones (excluding diaryl/α,β-unsaturated/α-hetero) is 1. The molecule has 1 saturated carbocycles. The van der Waals surface area contributed by atoms with E-state index in [0.717, 1.165) is 19.4 Å². The normalized spacial score (nSPS) is 39.9. The second-order valence-electron chi connectivity index (χ2n) is 4.10. The van der Waals surface area contributed by atoms with Crippen molar-refractivity contribution in [3.63, 3.8) is 0 Å². The Morgan fingerprint density at radius 2 is 2.25 bits per heavy atom. The maximum Gasteiger partial charge on any atom is 0.133 e. The van der Waals surface area contributed by atoms with Gasteiger partial charge in [-0.05, 0) is 32.1 Å². The van der Waals surface area contributed by atoms with Gasteiger partial charge in [0, 0.05) is 5.92 Å². The monoisotopic (exact) mass is 168 g/mol. The summed E-state index contributed by atoms with van der Waals surface area (Å²) in [6.45, 7) is 2.66. The fraction of sp³-hybridized carbons (Fsp3) is 0.900. The van der Waals surface area contributed by atoms with Crippen LogP contribution in [0.15, 0.2) is 0 Å². The summed E-state index contributed by atoms with van der Waals surface area (Å²) in [6.07, 6.45) is 5.22. The zero-order valence-corrected chi connectivity index (χ0v) is 7.58. The van der Waals surface area contributed by atoms with Gasteiger partial charge in [0.25, 0.3) is 0 Å². The molecule has 1 heterocycles. The van der Waals surface area contributed by atoms with Crippen molar-refractivity contribution >= 4 is 5.78 Å². The minimum atomic E-state index is 0.356. The molecule has 0 radical (unpaired) electrons. The van der Waals surface area contributed by atoms with E-state index in [-0.39, 0.29) is 0 Å². The standard InChI is InChI=1S/C10H16O2/c1-7(11)10-4-2-3-8(10)5-9-6-12-9/h8-10H,2-6H2,1H3/t8-,9?,10?/m0/s1. The molecule has 68 valence electrons. The zero-order valence-electron chi connectivity index (χ0n) is 7.58. The summed E-state index contributed by atoms with van der Waals surface area (Å²) < 4.78 is 5.19. The lowest BCUT2D eigenvalue weighted by molar-refractivity contribution is -0.121. The highest BCUT2D eigenvalue weighted by Gasteiger charge is 2.35. The molecule has 12 heavy (non-hydrogen) atoms. The molecule has 2 rings (SSSR count). The molecular formula is C10H16O2. The fourth-order valence-electron chi connectivity index (χ4n) is 2.40. The smallest absolute Gasteiger partial charge is 0.133 e. The molecule has 0 spiro atoms. The van der Waals surface area contributed by atoms with Gasteiger partial charge in [-0.3, -0.25) is 4.79 Å². The number of epoxide rings is 1. The number of carbonyl (C=O) groups is 1. The predicted octanol–water partition coefficient (Wildman–Crippen LogP) is 1.78. The van der Waals surface area contributed by atoms with Crippen molar-refractivity contribution in [2.45, 2.75) is 38.7 Å². The van der Waals surface area contributed by atoms with E-state index < -0.39 is 0 Å². The topological polar surface area (TPSA) is 29.6 Å². The van der Waals surface area contributed by atoms with E-state index >= 15 is 0 Å². The molecule has 2 unspecified atom stereocenters. The highest BCUT2D eigenvalue weighted by atomic mass is 16.6. The summed E-state index contributed by atoms with van der Waals surface area (Å²) in [4.78, 5) is 11.2. The Bertz CT molecular complexity index is 184. The number of carbonyl (C=O) groups excluding carboxylic acids is 1. The molecule has 2 aliphatic rings. The van der Waals surface area contributed by atoms with Gasteiger partial charge in [0.2, 0.25) is 0 Å². The average Bonchev–Trinajstić information content (AvgIpc) is 2.66.